The Hall–Kier alpha value is -7.64. The van der Waals surface area contributed by atoms with Crippen LogP contribution in [0.5, 0.6) is 5.88 Å². The molecule has 2 saturated carbocycles. The fourth-order valence-corrected chi connectivity index (χ4v) is 15.0. The largest absolute Gasteiger partial charge is 0.474 e. The molecule has 34 nitrogen and oxygen atoms in total. The number of aromatic nitrogens is 6. The lowest BCUT2D eigenvalue weighted by atomic mass is 9.88. The molecule has 4 aliphatic rings. The Morgan fingerprint density at radius 2 is 1.48 bits per heavy atom. The van der Waals surface area contributed by atoms with E-state index in [9.17, 15) is 57.7 Å². The zero-order chi connectivity index (χ0) is 75.2. The summed E-state index contributed by atoms with van der Waals surface area (Å²) in [6, 6.07) is 13.0. The number of nitrogens with one attached hydrogen (secondary N) is 4. The Morgan fingerprint density at radius 1 is 0.819 bits per heavy atom. The molecule has 0 spiro atoms. The van der Waals surface area contributed by atoms with Crippen molar-refractivity contribution in [2.24, 2.45) is 23.7 Å². The van der Waals surface area contributed by atoms with Gasteiger partial charge in [-0.15, -0.1) is 0 Å². The molecule has 6 amide bonds. The first-order valence-corrected chi connectivity index (χ1v) is 39.4. The highest BCUT2D eigenvalue weighted by molar-refractivity contribution is 8.44. The molecule has 5 aromatic rings. The Bertz CT molecular complexity index is 4010. The summed E-state index contributed by atoms with van der Waals surface area (Å²) in [4.78, 5) is 149. The van der Waals surface area contributed by atoms with Gasteiger partial charge >= 0.3 is 19.6 Å². The molecule has 2 unspecified atom stereocenters. The van der Waals surface area contributed by atoms with E-state index in [1.165, 1.54) is 41.4 Å². The van der Waals surface area contributed by atoms with Gasteiger partial charge in [0.15, 0.2) is 16.9 Å². The van der Waals surface area contributed by atoms with Gasteiger partial charge in [0.2, 0.25) is 23.6 Å². The van der Waals surface area contributed by atoms with Crippen molar-refractivity contribution >= 4 is 102 Å². The van der Waals surface area contributed by atoms with Crippen molar-refractivity contribution in [1.82, 2.24) is 49.9 Å². The third kappa shape index (κ3) is 24.4. The third-order valence-electron chi connectivity index (χ3n) is 17.6. The average molecular weight is 1540 g/mol. The number of carbonyl (C=O) groups is 8. The van der Waals surface area contributed by atoms with Crippen LogP contribution >= 0.6 is 25.8 Å². The van der Waals surface area contributed by atoms with Crippen molar-refractivity contribution in [2.75, 3.05) is 105 Å². The summed E-state index contributed by atoms with van der Waals surface area (Å²) in [5.74, 6) is -5.26. The molecule has 105 heavy (non-hydrogen) atoms. The first-order chi connectivity index (χ1) is 50.3. The van der Waals surface area contributed by atoms with Crippen LogP contribution in [0.25, 0.3) is 11.2 Å². The van der Waals surface area contributed by atoms with Gasteiger partial charge in [-0.3, -0.25) is 58.1 Å². The first kappa shape index (κ1) is 81.4. The van der Waals surface area contributed by atoms with E-state index in [0.29, 0.717) is 68.6 Å². The molecule has 2 bridgehead atoms. The highest BCUT2D eigenvalue weighted by Gasteiger charge is 2.50. The second-order valence-electron chi connectivity index (χ2n) is 25.6. The maximum atomic E-state index is 14.1. The Labute approximate surface area is 614 Å². The predicted octanol–water partition coefficient (Wildman–Crippen LogP) is 4.14. The number of benzene rings is 2. The zero-order valence-corrected chi connectivity index (χ0v) is 61.8. The monoisotopic (exact) mass is 1540 g/mol. The number of aromatic amines is 1. The van der Waals surface area contributed by atoms with Crippen LogP contribution in [0.1, 0.15) is 86.0 Å². The van der Waals surface area contributed by atoms with Crippen molar-refractivity contribution in [1.29, 1.82) is 0 Å². The molecule has 6 N–H and O–H groups in total. The standard InChI is InChI=1S/C67H87N11O23P2S2/c1-41(2)51(32-48(79)16-19-91-21-23-93-25-27-95-28-26-94-24-22-92-20-18-69-55(81)35-77-57(82)13-14-58(77)83)64(86)72-42(3)53(80)29-43-9-11-44(12-10-43)36-96-67(88)76(4)34-45-7-5-6-8-50(45)63(85)74-66-73-62-59(65(87)75-66)71-40-78(62)52-31-47-38-98-102(89,104)100-54-33-49(99-56-15-17-68-39-70-56)30-46(54)37-97-103(90,105)101-61(52)60(47)84/h5-15,17,39-42,46-47,49,51-52,54,60-61,84H,16,18-38H2,1-4H3,(H,69,81)(H,72,86)(H,89,104)(H,90,105)(H2,73,74,75,85,87)/t42-,46+,47+,49+,51-,52+,54-,60+,61-,102?,103?/m0/s1. The van der Waals surface area contributed by atoms with Crippen molar-refractivity contribution in [2.45, 2.75) is 109 Å². The number of nitrogens with zero attached hydrogens (tertiary/aromatic N) is 7. The van der Waals surface area contributed by atoms with Crippen LogP contribution in [-0.4, -0.2) is 226 Å². The van der Waals surface area contributed by atoms with Crippen molar-refractivity contribution < 1.29 is 104 Å². The Balaban J connectivity index is 0.658. The van der Waals surface area contributed by atoms with Crippen LogP contribution in [-0.2, 0) is 111 Å². The molecule has 3 aromatic heterocycles. The number of imidazole rings is 1. The van der Waals surface area contributed by atoms with Crippen LogP contribution < -0.4 is 26.2 Å². The van der Waals surface area contributed by atoms with Gasteiger partial charge < -0.3 is 76.8 Å². The van der Waals surface area contributed by atoms with Gasteiger partial charge in [-0.25, -0.2) is 24.3 Å². The second kappa shape index (κ2) is 39.3. The zero-order valence-electron chi connectivity index (χ0n) is 58.3. The minimum Gasteiger partial charge on any atom is -0.474 e. The fraction of sp³-hybridized carbons (Fsp3) is 0.537. The lowest BCUT2D eigenvalue weighted by Gasteiger charge is -2.27. The number of imide groups is 1. The summed E-state index contributed by atoms with van der Waals surface area (Å²) in [7, 11) is 1.49. The van der Waals surface area contributed by atoms with Gasteiger partial charge in [-0.2, -0.15) is 4.98 Å². The number of ether oxygens (including phenoxy) is 7. The summed E-state index contributed by atoms with van der Waals surface area (Å²) in [5.41, 5.74) is 0.848. The predicted molar refractivity (Wildman–Crippen MR) is 380 cm³/mol. The van der Waals surface area contributed by atoms with Crippen molar-refractivity contribution in [3.63, 3.8) is 0 Å². The number of Topliss-reactive ketones (excluding diaryl/α,β-unsaturated/α-hetero) is 2. The highest BCUT2D eigenvalue weighted by atomic mass is 32.7. The number of rotatable bonds is 37. The van der Waals surface area contributed by atoms with E-state index < -0.39 is 109 Å². The van der Waals surface area contributed by atoms with Crippen LogP contribution in [0.4, 0.5) is 10.7 Å². The number of thiol groups is 1. The molecule has 38 heteroatoms. The molecule has 9 rings (SSSR count). The molecule has 5 heterocycles. The smallest absolute Gasteiger partial charge is 0.410 e. The van der Waals surface area contributed by atoms with E-state index in [1.54, 1.807) is 55.5 Å². The fourth-order valence-electron chi connectivity index (χ4n) is 11.9. The van der Waals surface area contributed by atoms with E-state index in [-0.39, 0.29) is 138 Å². The van der Waals surface area contributed by atoms with Crippen molar-refractivity contribution in [3.05, 3.63) is 118 Å². The topological polar surface area (TPSA) is 428 Å². The van der Waals surface area contributed by atoms with Gasteiger partial charge in [-0.05, 0) is 60.2 Å². The van der Waals surface area contributed by atoms with Gasteiger partial charge in [0, 0.05) is 93.6 Å². The number of aliphatic hydroxyl groups is 1. The number of fused-ring (bicyclic) bond motifs is 4. The molecule has 3 fully saturated rings. The number of hydrogen-bond acceptors (Lipinski definition) is 27. The average Bonchev–Trinajstić information content (AvgIpc) is 1.61. The number of carbonyl (C=O) groups excluding carboxylic acids is 8. The number of H-pyrrole nitrogens is 1. The third-order valence-corrected chi connectivity index (χ3v) is 20.8. The maximum absolute atomic E-state index is 14.1. The number of ketones is 2. The van der Waals surface area contributed by atoms with Gasteiger partial charge in [0.05, 0.1) is 110 Å². The normalized spacial score (nSPS) is 23.0. The van der Waals surface area contributed by atoms with E-state index >= 15 is 0 Å². The number of aliphatic hydroxyl groups excluding tert-OH is 1. The SMILES string of the molecule is CC(C)[C@H](CC(=O)CCOCCOCCOCCOCCOCCNC(=O)CN1C(=O)C=CC1=O)C(=O)N[C@@H](C)C(=O)Cc1ccc(COC(=O)N(C)Cc2ccccc2C(=O)Nc2nc3c(ncn3[C@@H]3C[C@@H]4COP(O)(=S)O[C@H]5C[C@H](Oc6ccncn6)C[C@@H]5COP(=O)(S)O[C@@H]3[C@@H]4O)c(=O)[nH]2)cc1. The summed E-state index contributed by atoms with van der Waals surface area (Å²) in [5, 5.41) is 19.7. The second-order valence-corrected chi connectivity index (χ2v) is 31.3. The van der Waals surface area contributed by atoms with E-state index in [4.69, 9.17) is 63.1 Å². The van der Waals surface area contributed by atoms with Crippen LogP contribution in [0.3, 0.4) is 0 Å². The molecule has 0 radical (unpaired) electrons. The van der Waals surface area contributed by atoms with Crippen molar-refractivity contribution in [3.8, 4) is 5.88 Å². The van der Waals surface area contributed by atoms with E-state index in [1.807, 2.05) is 13.8 Å². The van der Waals surface area contributed by atoms with E-state index in [0.717, 1.165) is 17.1 Å². The number of anilines is 1. The van der Waals surface area contributed by atoms with Gasteiger partial charge in [0.1, 0.15) is 37.5 Å². The molecular formula is C67H87N11O23P2S2. The Kier molecular flexibility index (Phi) is 30.5. The lowest BCUT2D eigenvalue weighted by molar-refractivity contribution is -0.141. The molecule has 2 aromatic carbocycles. The summed E-state index contributed by atoms with van der Waals surface area (Å²) in [6.45, 7) is -1.09. The van der Waals surface area contributed by atoms with Gasteiger partial charge in [0.25, 0.3) is 23.3 Å². The van der Waals surface area contributed by atoms with E-state index in [2.05, 4.69) is 53.1 Å². The molecule has 2 aliphatic heterocycles. The molecule has 11 atom stereocenters. The number of amides is 6. The van der Waals surface area contributed by atoms with Gasteiger partial charge in [-0.1, -0.05) is 68.6 Å². The van der Waals surface area contributed by atoms with Crippen LogP contribution in [0.2, 0.25) is 0 Å². The van der Waals surface area contributed by atoms with Crippen LogP contribution in [0.15, 0.2) is 90.4 Å². The molecule has 570 valence electrons. The molecule has 2 aliphatic carbocycles. The van der Waals surface area contributed by atoms with Crippen LogP contribution in [0, 0.1) is 23.7 Å². The quantitative estimate of drug-likeness (QED) is 0.0127. The summed E-state index contributed by atoms with van der Waals surface area (Å²) in [6.07, 6.45) is 2.34. The molecule has 1 saturated heterocycles. The highest BCUT2D eigenvalue weighted by Crippen LogP contribution is 2.59. The minimum absolute atomic E-state index is 0.0108. The first-order valence-electron chi connectivity index (χ1n) is 34.1. The Morgan fingerprint density at radius 3 is 2.15 bits per heavy atom. The maximum Gasteiger partial charge on any atom is 0.410 e. The lowest BCUT2D eigenvalue weighted by Crippen LogP contribution is -2.44. The minimum atomic E-state index is -4.30. The number of hydrogen-bond donors (Lipinski definition) is 7. The summed E-state index contributed by atoms with van der Waals surface area (Å²) >= 11 is 9.74. The molecular weight excluding hydrogens is 1450 g/mol. The summed E-state index contributed by atoms with van der Waals surface area (Å²) < 4.78 is 78.2.